The molecule has 0 radical (unpaired) electrons. The van der Waals surface area contributed by atoms with Crippen molar-refractivity contribution in [3.63, 3.8) is 0 Å². The molecule has 1 aliphatic heterocycles. The number of aryl methyl sites for hydroxylation is 1. The highest BCUT2D eigenvalue weighted by atomic mass is 32.2. The molecule has 0 bridgehead atoms. The average Bonchev–Trinajstić information content (AvgIpc) is 3.54. The molecule has 2 aromatic rings. The fourth-order valence-electron chi connectivity index (χ4n) is 4.45. The van der Waals surface area contributed by atoms with Gasteiger partial charge in [0.2, 0.25) is 5.91 Å². The van der Waals surface area contributed by atoms with E-state index in [1.807, 2.05) is 6.92 Å². The number of carbonyl (C=O) groups is 2. The minimum Gasteiger partial charge on any atom is -0.347 e. The van der Waals surface area contributed by atoms with Crippen molar-refractivity contribution in [1.29, 1.82) is 0 Å². The first-order chi connectivity index (χ1) is 16.0. The molecule has 2 amide bonds. The zero-order valence-electron chi connectivity index (χ0n) is 19.2. The smallest absolute Gasteiger partial charge is 0.256 e. The molecule has 10 heteroatoms. The van der Waals surface area contributed by atoms with Crippen LogP contribution in [0.5, 0.6) is 0 Å². The molecule has 1 saturated carbocycles. The SMILES string of the molecule is Cc1cc(F)c([C@H](NC(=O)[C@H]2C[C@@H](C)CN2C(=O)c2cncc(S(C)(=O)=O)c2)C2CC2)cc1F. The van der Waals surface area contributed by atoms with Crippen LogP contribution in [-0.4, -0.2) is 49.0 Å². The van der Waals surface area contributed by atoms with Crippen LogP contribution in [0.15, 0.2) is 35.5 Å². The van der Waals surface area contributed by atoms with Crippen molar-refractivity contribution in [1.82, 2.24) is 15.2 Å². The molecule has 7 nitrogen and oxygen atoms in total. The average molecular weight is 492 g/mol. The summed E-state index contributed by atoms with van der Waals surface area (Å²) in [4.78, 5) is 31.7. The van der Waals surface area contributed by atoms with E-state index in [1.165, 1.54) is 30.3 Å². The van der Waals surface area contributed by atoms with Crippen LogP contribution in [-0.2, 0) is 14.6 Å². The number of rotatable bonds is 6. The number of aromatic nitrogens is 1. The van der Waals surface area contributed by atoms with Gasteiger partial charge in [-0.3, -0.25) is 14.6 Å². The van der Waals surface area contributed by atoms with E-state index in [9.17, 15) is 26.8 Å². The van der Waals surface area contributed by atoms with Crippen LogP contribution in [0.4, 0.5) is 8.78 Å². The van der Waals surface area contributed by atoms with Crippen LogP contribution >= 0.6 is 0 Å². The highest BCUT2D eigenvalue weighted by molar-refractivity contribution is 7.90. The summed E-state index contributed by atoms with van der Waals surface area (Å²) in [5.74, 6) is -2.04. The molecule has 1 aromatic heterocycles. The van der Waals surface area contributed by atoms with Gasteiger partial charge in [-0.05, 0) is 61.8 Å². The lowest BCUT2D eigenvalue weighted by atomic mass is 9.98. The van der Waals surface area contributed by atoms with Gasteiger partial charge in [-0.2, -0.15) is 0 Å². The van der Waals surface area contributed by atoms with E-state index < -0.39 is 45.4 Å². The van der Waals surface area contributed by atoms with Crippen LogP contribution in [0.1, 0.15) is 53.7 Å². The molecule has 182 valence electrons. The van der Waals surface area contributed by atoms with Crippen molar-refractivity contribution in [2.24, 2.45) is 11.8 Å². The fraction of sp³-hybridized carbons (Fsp3) is 0.458. The molecule has 2 fully saturated rings. The summed E-state index contributed by atoms with van der Waals surface area (Å²) in [6.07, 6.45) is 5.43. The van der Waals surface area contributed by atoms with Crippen molar-refractivity contribution in [2.45, 2.75) is 50.1 Å². The molecular weight excluding hydrogens is 464 g/mol. The van der Waals surface area contributed by atoms with Gasteiger partial charge in [0.15, 0.2) is 9.84 Å². The number of hydrogen-bond acceptors (Lipinski definition) is 5. The topological polar surface area (TPSA) is 96.4 Å². The standard InChI is InChI=1S/C24H27F2N3O4S/c1-13-6-21(29(12-13)24(31)16-8-17(11-27-10-16)34(3,32)33)23(30)28-22(15-4-5-15)18-9-19(25)14(2)7-20(18)26/h7-11,13,15,21-22H,4-6,12H2,1-3H3,(H,28,30)/t13-,21-,22-/m1/s1. The number of benzene rings is 1. The van der Waals surface area contributed by atoms with Crippen molar-refractivity contribution >= 4 is 21.7 Å². The molecule has 1 N–H and O–H groups in total. The number of likely N-dealkylation sites (tertiary alicyclic amines) is 1. The fourth-order valence-corrected chi connectivity index (χ4v) is 5.05. The van der Waals surface area contributed by atoms with E-state index in [-0.39, 0.29) is 33.4 Å². The molecule has 1 aliphatic carbocycles. The molecular formula is C24H27F2N3O4S. The van der Waals surface area contributed by atoms with E-state index in [2.05, 4.69) is 10.3 Å². The number of halogens is 2. The molecule has 3 atom stereocenters. The van der Waals surface area contributed by atoms with Gasteiger partial charge >= 0.3 is 0 Å². The van der Waals surface area contributed by atoms with Crippen molar-refractivity contribution < 1.29 is 26.8 Å². The lowest BCUT2D eigenvalue weighted by Crippen LogP contribution is -2.47. The second kappa shape index (κ2) is 9.05. The Balaban J connectivity index is 1.58. The van der Waals surface area contributed by atoms with E-state index in [0.717, 1.165) is 31.2 Å². The first kappa shape index (κ1) is 24.3. The Labute approximate surface area is 197 Å². The number of amides is 2. The number of pyridine rings is 1. The number of carbonyl (C=O) groups excluding carboxylic acids is 2. The largest absolute Gasteiger partial charge is 0.347 e. The lowest BCUT2D eigenvalue weighted by Gasteiger charge is -2.27. The zero-order chi connectivity index (χ0) is 24.8. The minimum atomic E-state index is -3.56. The molecule has 4 rings (SSSR count). The van der Waals surface area contributed by atoms with Crippen LogP contribution in [0, 0.1) is 30.4 Å². The Hall–Kier alpha value is -2.88. The summed E-state index contributed by atoms with van der Waals surface area (Å²) in [7, 11) is -3.56. The summed E-state index contributed by atoms with van der Waals surface area (Å²) < 4.78 is 52.6. The third-order valence-corrected chi connectivity index (χ3v) is 7.55. The second-order valence-electron chi connectivity index (χ2n) is 9.44. The third kappa shape index (κ3) is 4.96. The van der Waals surface area contributed by atoms with E-state index in [0.29, 0.717) is 13.0 Å². The zero-order valence-corrected chi connectivity index (χ0v) is 20.0. The van der Waals surface area contributed by atoms with Crippen molar-refractivity contribution in [2.75, 3.05) is 12.8 Å². The summed E-state index contributed by atoms with van der Waals surface area (Å²) in [6.45, 7) is 3.69. The molecule has 1 saturated heterocycles. The van der Waals surface area contributed by atoms with E-state index >= 15 is 0 Å². The predicted molar refractivity (Wildman–Crippen MR) is 121 cm³/mol. The third-order valence-electron chi connectivity index (χ3n) is 6.47. The molecule has 0 spiro atoms. The van der Waals surface area contributed by atoms with Crippen LogP contribution in [0.25, 0.3) is 0 Å². The quantitative estimate of drug-likeness (QED) is 0.670. The second-order valence-corrected chi connectivity index (χ2v) is 11.5. The van der Waals surface area contributed by atoms with Crippen LogP contribution < -0.4 is 5.32 Å². The monoisotopic (exact) mass is 491 g/mol. The van der Waals surface area contributed by atoms with E-state index in [4.69, 9.17) is 0 Å². The number of nitrogens with zero attached hydrogens (tertiary/aromatic N) is 2. The summed E-state index contributed by atoms with van der Waals surface area (Å²) in [6, 6.07) is 2.01. The summed E-state index contributed by atoms with van der Waals surface area (Å²) in [5.41, 5.74) is 0.363. The highest BCUT2D eigenvalue weighted by Gasteiger charge is 2.42. The van der Waals surface area contributed by atoms with Gasteiger partial charge in [-0.15, -0.1) is 0 Å². The van der Waals surface area contributed by atoms with Crippen molar-refractivity contribution in [3.05, 3.63) is 58.9 Å². The van der Waals surface area contributed by atoms with Gasteiger partial charge in [-0.25, -0.2) is 17.2 Å². The number of hydrogen-bond donors (Lipinski definition) is 1. The Morgan fingerprint density at radius 3 is 2.50 bits per heavy atom. The Kier molecular flexibility index (Phi) is 6.46. The van der Waals surface area contributed by atoms with Gasteiger partial charge in [-0.1, -0.05) is 6.92 Å². The molecule has 2 heterocycles. The first-order valence-electron chi connectivity index (χ1n) is 11.2. The van der Waals surface area contributed by atoms with Gasteiger partial charge in [0.05, 0.1) is 16.5 Å². The summed E-state index contributed by atoms with van der Waals surface area (Å²) in [5, 5.41) is 2.87. The number of sulfone groups is 1. The normalized spacial score (nSPS) is 21.4. The van der Waals surface area contributed by atoms with Gasteiger partial charge in [0.1, 0.15) is 17.7 Å². The van der Waals surface area contributed by atoms with Gasteiger partial charge in [0, 0.05) is 30.8 Å². The van der Waals surface area contributed by atoms with Gasteiger partial charge < -0.3 is 10.2 Å². The first-order valence-corrected chi connectivity index (χ1v) is 13.1. The maximum absolute atomic E-state index is 14.7. The Bertz CT molecular complexity index is 1250. The molecule has 0 unspecified atom stereocenters. The van der Waals surface area contributed by atoms with E-state index in [1.54, 1.807) is 0 Å². The maximum atomic E-state index is 14.7. The molecule has 34 heavy (non-hydrogen) atoms. The van der Waals surface area contributed by atoms with Gasteiger partial charge in [0.25, 0.3) is 5.91 Å². The number of nitrogens with one attached hydrogen (secondary N) is 1. The molecule has 2 aliphatic rings. The molecule has 1 aromatic carbocycles. The highest BCUT2D eigenvalue weighted by Crippen LogP contribution is 2.42. The van der Waals surface area contributed by atoms with Crippen LogP contribution in [0.3, 0.4) is 0 Å². The summed E-state index contributed by atoms with van der Waals surface area (Å²) >= 11 is 0. The van der Waals surface area contributed by atoms with Crippen LogP contribution in [0.2, 0.25) is 0 Å². The van der Waals surface area contributed by atoms with Crippen molar-refractivity contribution in [3.8, 4) is 0 Å². The maximum Gasteiger partial charge on any atom is 0.256 e. The lowest BCUT2D eigenvalue weighted by molar-refractivity contribution is -0.125. The minimum absolute atomic E-state index is 0.000762. The Morgan fingerprint density at radius 2 is 1.85 bits per heavy atom. The Morgan fingerprint density at radius 1 is 1.15 bits per heavy atom. The predicted octanol–water partition coefficient (Wildman–Crippen LogP) is 3.19.